The summed E-state index contributed by atoms with van der Waals surface area (Å²) in [5.41, 5.74) is 4.60. The Labute approximate surface area is 132 Å². The van der Waals surface area contributed by atoms with Gasteiger partial charge in [0.2, 0.25) is 0 Å². The van der Waals surface area contributed by atoms with Crippen molar-refractivity contribution in [2.45, 2.75) is 32.7 Å². The van der Waals surface area contributed by atoms with Gasteiger partial charge in [-0.15, -0.1) is 10.2 Å². The zero-order valence-corrected chi connectivity index (χ0v) is 13.6. The van der Waals surface area contributed by atoms with E-state index in [2.05, 4.69) is 46.4 Å². The SMILES string of the molecule is CNC1CCN(c2nnc(-c3ccccc3)c(C)c2C)CC1. The number of hydrogen-bond donors (Lipinski definition) is 1. The van der Waals surface area contributed by atoms with E-state index in [0.29, 0.717) is 6.04 Å². The largest absolute Gasteiger partial charge is 0.355 e. The number of benzene rings is 1. The summed E-state index contributed by atoms with van der Waals surface area (Å²) < 4.78 is 0. The lowest BCUT2D eigenvalue weighted by atomic mass is 10.0. The summed E-state index contributed by atoms with van der Waals surface area (Å²) in [4.78, 5) is 2.37. The second-order valence-corrected chi connectivity index (χ2v) is 6.04. The fourth-order valence-corrected chi connectivity index (χ4v) is 3.14. The Morgan fingerprint density at radius 1 is 1.00 bits per heavy atom. The fourth-order valence-electron chi connectivity index (χ4n) is 3.14. The number of nitrogens with one attached hydrogen (secondary N) is 1. The lowest BCUT2D eigenvalue weighted by Crippen LogP contribution is -2.42. The van der Waals surface area contributed by atoms with Crippen molar-refractivity contribution in [1.29, 1.82) is 0 Å². The van der Waals surface area contributed by atoms with Crippen LogP contribution in [0.3, 0.4) is 0 Å². The molecule has 1 aromatic heterocycles. The molecular formula is C18H24N4. The van der Waals surface area contributed by atoms with Gasteiger partial charge in [0.15, 0.2) is 5.82 Å². The van der Waals surface area contributed by atoms with Gasteiger partial charge in [-0.05, 0) is 44.9 Å². The highest BCUT2D eigenvalue weighted by molar-refractivity contribution is 5.66. The molecular weight excluding hydrogens is 272 g/mol. The first-order chi connectivity index (χ1) is 10.7. The Bertz CT molecular complexity index is 631. The first kappa shape index (κ1) is 15.0. The van der Waals surface area contributed by atoms with Crippen molar-refractivity contribution in [1.82, 2.24) is 15.5 Å². The summed E-state index contributed by atoms with van der Waals surface area (Å²) in [5.74, 6) is 1.05. The third-order valence-corrected chi connectivity index (χ3v) is 4.75. The minimum atomic E-state index is 0.634. The average Bonchev–Trinajstić information content (AvgIpc) is 2.58. The molecule has 1 fully saturated rings. The molecule has 116 valence electrons. The van der Waals surface area contributed by atoms with E-state index in [1.165, 1.54) is 11.1 Å². The summed E-state index contributed by atoms with van der Waals surface area (Å²) in [7, 11) is 2.05. The molecule has 1 N–H and O–H groups in total. The molecule has 1 saturated heterocycles. The van der Waals surface area contributed by atoms with Crippen molar-refractivity contribution in [2.24, 2.45) is 0 Å². The van der Waals surface area contributed by atoms with E-state index in [4.69, 9.17) is 0 Å². The molecule has 0 amide bonds. The van der Waals surface area contributed by atoms with Gasteiger partial charge in [-0.2, -0.15) is 0 Å². The number of nitrogens with zero attached hydrogens (tertiary/aromatic N) is 3. The molecule has 3 rings (SSSR count). The van der Waals surface area contributed by atoms with Crippen molar-refractivity contribution in [3.05, 3.63) is 41.5 Å². The quantitative estimate of drug-likeness (QED) is 0.945. The summed E-state index contributed by atoms with van der Waals surface area (Å²) in [6.45, 7) is 6.41. The topological polar surface area (TPSA) is 41.0 Å². The van der Waals surface area contributed by atoms with E-state index in [1.54, 1.807) is 0 Å². The zero-order chi connectivity index (χ0) is 15.5. The van der Waals surface area contributed by atoms with Crippen LogP contribution in [0.4, 0.5) is 5.82 Å². The van der Waals surface area contributed by atoms with Gasteiger partial charge in [0.25, 0.3) is 0 Å². The molecule has 22 heavy (non-hydrogen) atoms. The van der Waals surface area contributed by atoms with E-state index in [9.17, 15) is 0 Å². The first-order valence-corrected chi connectivity index (χ1v) is 8.02. The van der Waals surface area contributed by atoms with E-state index >= 15 is 0 Å². The smallest absolute Gasteiger partial charge is 0.154 e. The van der Waals surface area contributed by atoms with Crippen LogP contribution in [-0.4, -0.2) is 36.4 Å². The predicted octanol–water partition coefficient (Wildman–Crippen LogP) is 2.95. The molecule has 0 aliphatic carbocycles. The van der Waals surface area contributed by atoms with E-state index in [1.807, 2.05) is 25.2 Å². The summed E-state index contributed by atoms with van der Waals surface area (Å²) in [6.07, 6.45) is 2.33. The van der Waals surface area contributed by atoms with Crippen molar-refractivity contribution >= 4 is 5.82 Å². The lowest BCUT2D eigenvalue weighted by Gasteiger charge is -2.33. The molecule has 2 heterocycles. The van der Waals surface area contributed by atoms with Crippen LogP contribution < -0.4 is 10.2 Å². The normalized spacial score (nSPS) is 16.0. The number of anilines is 1. The van der Waals surface area contributed by atoms with Crippen molar-refractivity contribution in [2.75, 3.05) is 25.0 Å². The molecule has 1 aliphatic rings. The Hall–Kier alpha value is -1.94. The molecule has 2 aromatic rings. The highest BCUT2D eigenvalue weighted by Gasteiger charge is 2.22. The third kappa shape index (κ3) is 2.83. The minimum absolute atomic E-state index is 0.634. The Kier molecular flexibility index (Phi) is 4.39. The van der Waals surface area contributed by atoms with Crippen LogP contribution in [0.1, 0.15) is 24.0 Å². The van der Waals surface area contributed by atoms with Crippen LogP contribution >= 0.6 is 0 Å². The second kappa shape index (κ2) is 6.44. The fraction of sp³-hybridized carbons (Fsp3) is 0.444. The molecule has 0 unspecified atom stereocenters. The molecule has 0 atom stereocenters. The molecule has 4 heteroatoms. The molecule has 4 nitrogen and oxygen atoms in total. The van der Waals surface area contributed by atoms with Crippen LogP contribution in [0, 0.1) is 13.8 Å². The number of rotatable bonds is 3. The van der Waals surface area contributed by atoms with E-state index < -0.39 is 0 Å². The number of aromatic nitrogens is 2. The average molecular weight is 296 g/mol. The predicted molar refractivity (Wildman–Crippen MR) is 91.2 cm³/mol. The van der Waals surface area contributed by atoms with Gasteiger partial charge in [-0.1, -0.05) is 30.3 Å². The monoisotopic (exact) mass is 296 g/mol. The highest BCUT2D eigenvalue weighted by Crippen LogP contribution is 2.28. The van der Waals surface area contributed by atoms with Gasteiger partial charge in [0, 0.05) is 24.7 Å². The highest BCUT2D eigenvalue weighted by atomic mass is 15.3. The summed E-state index contributed by atoms with van der Waals surface area (Å²) in [6, 6.07) is 10.9. The Morgan fingerprint density at radius 2 is 1.68 bits per heavy atom. The van der Waals surface area contributed by atoms with Gasteiger partial charge in [0.1, 0.15) is 0 Å². The van der Waals surface area contributed by atoms with Crippen molar-refractivity contribution in [3.8, 4) is 11.3 Å². The third-order valence-electron chi connectivity index (χ3n) is 4.75. The van der Waals surface area contributed by atoms with Gasteiger partial charge < -0.3 is 10.2 Å². The Balaban J connectivity index is 1.88. The lowest BCUT2D eigenvalue weighted by molar-refractivity contribution is 0.439. The van der Waals surface area contributed by atoms with Crippen molar-refractivity contribution in [3.63, 3.8) is 0 Å². The molecule has 0 spiro atoms. The number of piperidine rings is 1. The standard InChI is InChI=1S/C18H24N4/c1-13-14(2)18(22-11-9-16(19-3)10-12-22)21-20-17(13)15-7-5-4-6-8-15/h4-8,16,19H,9-12H2,1-3H3. The van der Waals surface area contributed by atoms with Gasteiger partial charge in [-0.3, -0.25) is 0 Å². The summed E-state index contributed by atoms with van der Waals surface area (Å²) in [5, 5.41) is 12.4. The van der Waals surface area contributed by atoms with Crippen LogP contribution in [0.2, 0.25) is 0 Å². The maximum absolute atomic E-state index is 4.55. The molecule has 0 radical (unpaired) electrons. The maximum Gasteiger partial charge on any atom is 0.154 e. The van der Waals surface area contributed by atoms with Crippen molar-refractivity contribution < 1.29 is 0 Å². The maximum atomic E-state index is 4.55. The van der Waals surface area contributed by atoms with E-state index in [-0.39, 0.29) is 0 Å². The van der Waals surface area contributed by atoms with Crippen LogP contribution in [0.15, 0.2) is 30.3 Å². The Morgan fingerprint density at radius 3 is 2.32 bits per heavy atom. The second-order valence-electron chi connectivity index (χ2n) is 6.04. The zero-order valence-electron chi connectivity index (χ0n) is 13.6. The molecule has 0 bridgehead atoms. The van der Waals surface area contributed by atoms with Gasteiger partial charge >= 0.3 is 0 Å². The molecule has 1 aliphatic heterocycles. The van der Waals surface area contributed by atoms with Gasteiger partial charge in [-0.25, -0.2) is 0 Å². The summed E-state index contributed by atoms with van der Waals surface area (Å²) >= 11 is 0. The van der Waals surface area contributed by atoms with E-state index in [0.717, 1.165) is 43.0 Å². The van der Waals surface area contributed by atoms with Crippen LogP contribution in [0.5, 0.6) is 0 Å². The van der Waals surface area contributed by atoms with Crippen LogP contribution in [0.25, 0.3) is 11.3 Å². The number of hydrogen-bond acceptors (Lipinski definition) is 4. The first-order valence-electron chi connectivity index (χ1n) is 8.02. The molecule has 1 aromatic carbocycles. The van der Waals surface area contributed by atoms with Gasteiger partial charge in [0.05, 0.1) is 5.69 Å². The minimum Gasteiger partial charge on any atom is -0.355 e. The molecule has 0 saturated carbocycles. The van der Waals surface area contributed by atoms with Crippen LogP contribution in [-0.2, 0) is 0 Å².